The summed E-state index contributed by atoms with van der Waals surface area (Å²) in [4.78, 5) is 0. The van der Waals surface area contributed by atoms with Gasteiger partial charge in [-0.2, -0.15) is 0 Å². The Balaban J connectivity index is 2.18. The van der Waals surface area contributed by atoms with E-state index in [1.165, 1.54) is 17.5 Å². The molecule has 18 heavy (non-hydrogen) atoms. The number of hydrogen-bond acceptors (Lipinski definition) is 2. The van der Waals surface area contributed by atoms with Gasteiger partial charge in [-0.25, -0.2) is 0 Å². The lowest BCUT2D eigenvalue weighted by molar-refractivity contribution is 0.115. The van der Waals surface area contributed by atoms with E-state index >= 15 is 0 Å². The molecule has 0 aliphatic carbocycles. The van der Waals surface area contributed by atoms with Crippen LogP contribution in [0.3, 0.4) is 0 Å². The van der Waals surface area contributed by atoms with E-state index in [9.17, 15) is 0 Å². The zero-order valence-corrected chi connectivity index (χ0v) is 12.0. The number of rotatable bonds is 9. The molecule has 1 rings (SSSR count). The summed E-state index contributed by atoms with van der Waals surface area (Å²) in [5.41, 5.74) is 2.60. The van der Waals surface area contributed by atoms with Crippen LogP contribution in [0.5, 0.6) is 0 Å². The first-order valence-corrected chi connectivity index (χ1v) is 7.08. The summed E-state index contributed by atoms with van der Waals surface area (Å²) in [6, 6.07) is 8.68. The molecule has 0 fully saturated rings. The van der Waals surface area contributed by atoms with Crippen molar-refractivity contribution in [1.82, 2.24) is 5.32 Å². The molecule has 1 N–H and O–H groups in total. The van der Waals surface area contributed by atoms with Crippen molar-refractivity contribution in [2.45, 2.75) is 46.8 Å². The topological polar surface area (TPSA) is 21.3 Å². The smallest absolute Gasteiger partial charge is 0.0716 e. The highest BCUT2D eigenvalue weighted by molar-refractivity contribution is 5.21. The predicted molar refractivity (Wildman–Crippen MR) is 77.6 cm³/mol. The third kappa shape index (κ3) is 6.77. The van der Waals surface area contributed by atoms with Crippen LogP contribution in [0.4, 0.5) is 0 Å². The lowest BCUT2D eigenvalue weighted by atomic mass is 10.1. The maximum absolute atomic E-state index is 5.68. The maximum atomic E-state index is 5.68. The summed E-state index contributed by atoms with van der Waals surface area (Å²) in [6.07, 6.45) is 2.41. The first kappa shape index (κ1) is 15.2. The Morgan fingerprint density at radius 3 is 2.39 bits per heavy atom. The van der Waals surface area contributed by atoms with E-state index in [4.69, 9.17) is 4.74 Å². The van der Waals surface area contributed by atoms with Gasteiger partial charge in [-0.15, -0.1) is 0 Å². The number of ether oxygens (including phenoxy) is 1. The van der Waals surface area contributed by atoms with Crippen molar-refractivity contribution < 1.29 is 4.74 Å². The molecule has 102 valence electrons. The van der Waals surface area contributed by atoms with Crippen LogP contribution < -0.4 is 5.32 Å². The molecule has 0 aliphatic rings. The van der Waals surface area contributed by atoms with Crippen LogP contribution in [0.25, 0.3) is 0 Å². The molecule has 0 atom stereocenters. The summed E-state index contributed by atoms with van der Waals surface area (Å²) in [7, 11) is 0. The second-order valence-corrected chi connectivity index (χ2v) is 5.19. The molecular formula is C16H27NO. The summed E-state index contributed by atoms with van der Waals surface area (Å²) in [5.74, 6) is 0.777. The minimum atomic E-state index is 0.736. The van der Waals surface area contributed by atoms with E-state index in [-0.39, 0.29) is 0 Å². The molecule has 0 spiro atoms. The molecular weight excluding hydrogens is 222 g/mol. The minimum absolute atomic E-state index is 0.736. The van der Waals surface area contributed by atoms with Gasteiger partial charge >= 0.3 is 0 Å². The van der Waals surface area contributed by atoms with E-state index in [1.807, 2.05) is 0 Å². The third-order valence-corrected chi connectivity index (χ3v) is 2.94. The molecule has 1 aromatic carbocycles. The van der Waals surface area contributed by atoms with Gasteiger partial charge in [0.2, 0.25) is 0 Å². The number of hydrogen-bond donors (Lipinski definition) is 1. The summed E-state index contributed by atoms with van der Waals surface area (Å²) >= 11 is 0. The Labute approximate surface area is 112 Å². The quantitative estimate of drug-likeness (QED) is 0.673. The molecule has 1 aromatic rings. The van der Waals surface area contributed by atoms with Crippen molar-refractivity contribution in [2.24, 2.45) is 5.92 Å². The van der Waals surface area contributed by atoms with Crippen LogP contribution in [0, 0.1) is 5.92 Å². The van der Waals surface area contributed by atoms with Crippen molar-refractivity contribution in [3.8, 4) is 0 Å². The van der Waals surface area contributed by atoms with Crippen LogP contribution in [-0.2, 0) is 17.9 Å². The Kier molecular flexibility index (Phi) is 7.70. The van der Waals surface area contributed by atoms with Crippen LogP contribution in [0.2, 0.25) is 0 Å². The fraction of sp³-hybridized carbons (Fsp3) is 0.625. The van der Waals surface area contributed by atoms with E-state index in [1.54, 1.807) is 0 Å². The Morgan fingerprint density at radius 2 is 1.78 bits per heavy atom. The molecule has 0 saturated carbocycles. The highest BCUT2D eigenvalue weighted by atomic mass is 16.5. The third-order valence-electron chi connectivity index (χ3n) is 2.94. The zero-order valence-electron chi connectivity index (χ0n) is 12.0. The first-order valence-electron chi connectivity index (χ1n) is 7.08. The van der Waals surface area contributed by atoms with E-state index in [0.717, 1.165) is 38.6 Å². The SMILES string of the molecule is CCNCc1ccc(COCCCC(C)C)cc1. The van der Waals surface area contributed by atoms with Crippen LogP contribution in [0.15, 0.2) is 24.3 Å². The predicted octanol–water partition coefficient (Wildman–Crippen LogP) is 3.75. The molecule has 0 heterocycles. The van der Waals surface area contributed by atoms with Crippen molar-refractivity contribution in [3.05, 3.63) is 35.4 Å². The summed E-state index contributed by atoms with van der Waals surface area (Å²) < 4.78 is 5.68. The molecule has 0 radical (unpaired) electrons. The molecule has 0 amide bonds. The fourth-order valence-corrected chi connectivity index (χ4v) is 1.81. The normalized spacial score (nSPS) is 11.1. The van der Waals surface area contributed by atoms with Gasteiger partial charge < -0.3 is 10.1 Å². The molecule has 0 unspecified atom stereocenters. The van der Waals surface area contributed by atoms with Crippen LogP contribution in [-0.4, -0.2) is 13.2 Å². The molecule has 0 aliphatic heterocycles. The van der Waals surface area contributed by atoms with Crippen molar-refractivity contribution in [1.29, 1.82) is 0 Å². The Morgan fingerprint density at radius 1 is 1.11 bits per heavy atom. The zero-order chi connectivity index (χ0) is 13.2. The molecule has 2 nitrogen and oxygen atoms in total. The fourth-order valence-electron chi connectivity index (χ4n) is 1.81. The monoisotopic (exact) mass is 249 g/mol. The lowest BCUT2D eigenvalue weighted by Gasteiger charge is -2.07. The van der Waals surface area contributed by atoms with Gasteiger partial charge in [0.05, 0.1) is 6.61 Å². The van der Waals surface area contributed by atoms with Crippen LogP contribution in [0.1, 0.15) is 44.7 Å². The van der Waals surface area contributed by atoms with Gasteiger partial charge in [-0.3, -0.25) is 0 Å². The second kappa shape index (κ2) is 9.12. The number of benzene rings is 1. The van der Waals surface area contributed by atoms with Crippen molar-refractivity contribution in [3.63, 3.8) is 0 Å². The van der Waals surface area contributed by atoms with E-state index in [2.05, 4.69) is 50.4 Å². The highest BCUT2D eigenvalue weighted by Gasteiger charge is 1.97. The molecule has 0 aromatic heterocycles. The first-order chi connectivity index (χ1) is 8.72. The number of nitrogens with one attached hydrogen (secondary N) is 1. The van der Waals surface area contributed by atoms with Crippen molar-refractivity contribution >= 4 is 0 Å². The van der Waals surface area contributed by atoms with Gasteiger partial charge in [-0.1, -0.05) is 45.0 Å². The minimum Gasteiger partial charge on any atom is -0.377 e. The van der Waals surface area contributed by atoms with Gasteiger partial charge in [0.25, 0.3) is 0 Å². The van der Waals surface area contributed by atoms with E-state index in [0.29, 0.717) is 0 Å². The Hall–Kier alpha value is -0.860. The van der Waals surface area contributed by atoms with Crippen LogP contribution >= 0.6 is 0 Å². The van der Waals surface area contributed by atoms with E-state index < -0.39 is 0 Å². The summed E-state index contributed by atoms with van der Waals surface area (Å²) in [6.45, 7) is 10.2. The molecule has 2 heteroatoms. The second-order valence-electron chi connectivity index (χ2n) is 5.19. The van der Waals surface area contributed by atoms with Gasteiger partial charge in [0.1, 0.15) is 0 Å². The molecule has 0 saturated heterocycles. The van der Waals surface area contributed by atoms with Crippen molar-refractivity contribution in [2.75, 3.05) is 13.2 Å². The molecule has 0 bridgehead atoms. The summed E-state index contributed by atoms with van der Waals surface area (Å²) in [5, 5.41) is 3.32. The largest absolute Gasteiger partial charge is 0.377 e. The van der Waals surface area contributed by atoms with Gasteiger partial charge in [0, 0.05) is 13.2 Å². The maximum Gasteiger partial charge on any atom is 0.0716 e. The van der Waals surface area contributed by atoms with Gasteiger partial charge in [-0.05, 0) is 36.4 Å². The highest BCUT2D eigenvalue weighted by Crippen LogP contribution is 2.07. The standard InChI is InChI=1S/C16H27NO/c1-4-17-12-15-7-9-16(10-8-15)13-18-11-5-6-14(2)3/h7-10,14,17H,4-6,11-13H2,1-3H3. The average Bonchev–Trinajstić information content (AvgIpc) is 2.37. The average molecular weight is 249 g/mol. The lowest BCUT2D eigenvalue weighted by Crippen LogP contribution is -2.11. The Bertz CT molecular complexity index is 305. The van der Waals surface area contributed by atoms with Gasteiger partial charge in [0.15, 0.2) is 0 Å².